The minimum absolute atomic E-state index is 0.366. The second-order valence-corrected chi connectivity index (χ2v) is 4.09. The third kappa shape index (κ3) is 2.48. The number of nitrogens with zero attached hydrogens (tertiary/aromatic N) is 3. The van der Waals surface area contributed by atoms with Crippen molar-refractivity contribution in [3.63, 3.8) is 0 Å². The fraction of sp³-hybridized carbons (Fsp3) is 0.500. The van der Waals surface area contributed by atoms with Gasteiger partial charge in [0.15, 0.2) is 0 Å². The highest BCUT2D eigenvalue weighted by molar-refractivity contribution is 14.1. The summed E-state index contributed by atoms with van der Waals surface area (Å²) in [6, 6.07) is 0. The molecule has 0 aliphatic carbocycles. The first kappa shape index (κ1) is 9.05. The number of thiocarbonyl (C=S) groups is 1. The maximum absolute atomic E-state index is 4.80. The van der Waals surface area contributed by atoms with E-state index < -0.39 is 0 Å². The van der Waals surface area contributed by atoms with Crippen molar-refractivity contribution in [3.05, 3.63) is 12.2 Å². The summed E-state index contributed by atoms with van der Waals surface area (Å²) >= 11 is 7.08. The van der Waals surface area contributed by atoms with Crippen LogP contribution >= 0.6 is 34.8 Å². The number of hydrogen-bond acceptors (Lipinski definition) is 3. The first-order chi connectivity index (χ1) is 5.24. The lowest BCUT2D eigenvalue weighted by Crippen LogP contribution is -2.07. The summed E-state index contributed by atoms with van der Waals surface area (Å²) in [4.78, 5) is 0. The van der Waals surface area contributed by atoms with Crippen molar-refractivity contribution in [3.8, 4) is 0 Å². The van der Waals surface area contributed by atoms with Crippen molar-refractivity contribution in [2.45, 2.75) is 10.3 Å². The Kier molecular flexibility index (Phi) is 3.38. The topological polar surface area (TPSA) is 30.7 Å². The fourth-order valence-corrected chi connectivity index (χ4v) is 1.20. The number of halogens is 1. The Hall–Kier alpha value is -0.0400. The number of rotatable bonds is 3. The SMILES string of the molecule is Cn1cnnc1CC(I)C=S. The number of aromatic nitrogens is 3. The van der Waals surface area contributed by atoms with Crippen LogP contribution in [0.4, 0.5) is 0 Å². The number of alkyl halides is 1. The Labute approximate surface area is 84.3 Å². The molecule has 0 aliphatic heterocycles. The molecule has 1 aromatic rings. The summed E-state index contributed by atoms with van der Waals surface area (Å²) in [6.45, 7) is 0. The van der Waals surface area contributed by atoms with Crippen molar-refractivity contribution >= 4 is 40.2 Å². The molecule has 0 aromatic carbocycles. The summed E-state index contributed by atoms with van der Waals surface area (Å²) in [5, 5.41) is 9.46. The first-order valence-electron chi connectivity index (χ1n) is 3.16. The quantitative estimate of drug-likeness (QED) is 0.473. The molecule has 0 bridgehead atoms. The van der Waals surface area contributed by atoms with Crippen molar-refractivity contribution < 1.29 is 0 Å². The minimum Gasteiger partial charge on any atom is -0.321 e. The van der Waals surface area contributed by atoms with Gasteiger partial charge in [-0.25, -0.2) is 0 Å². The van der Waals surface area contributed by atoms with Crippen molar-refractivity contribution in [2.75, 3.05) is 0 Å². The monoisotopic (exact) mass is 281 g/mol. The summed E-state index contributed by atoms with van der Waals surface area (Å²) in [5.74, 6) is 0.977. The van der Waals surface area contributed by atoms with Gasteiger partial charge < -0.3 is 4.57 Å². The number of aryl methyl sites for hydroxylation is 1. The van der Waals surface area contributed by atoms with Crippen LogP contribution in [0.3, 0.4) is 0 Å². The van der Waals surface area contributed by atoms with E-state index in [4.69, 9.17) is 12.2 Å². The van der Waals surface area contributed by atoms with Gasteiger partial charge in [-0.15, -0.1) is 10.2 Å². The highest BCUT2D eigenvalue weighted by Gasteiger charge is 2.05. The maximum atomic E-state index is 4.80. The molecule has 0 N–H and O–H groups in total. The van der Waals surface area contributed by atoms with Gasteiger partial charge in [-0.3, -0.25) is 0 Å². The van der Waals surface area contributed by atoms with E-state index in [1.807, 2.05) is 11.6 Å². The van der Waals surface area contributed by atoms with E-state index in [9.17, 15) is 0 Å². The zero-order chi connectivity index (χ0) is 8.27. The lowest BCUT2D eigenvalue weighted by molar-refractivity contribution is 0.802. The summed E-state index contributed by atoms with van der Waals surface area (Å²) in [7, 11) is 1.93. The normalized spacial score (nSPS) is 12.9. The highest BCUT2D eigenvalue weighted by Crippen LogP contribution is 2.05. The Bertz CT molecular complexity index is 248. The molecule has 0 saturated heterocycles. The minimum atomic E-state index is 0.366. The van der Waals surface area contributed by atoms with Gasteiger partial charge in [0.05, 0.1) is 0 Å². The summed E-state index contributed by atoms with van der Waals surface area (Å²) in [6.07, 6.45) is 2.56. The van der Waals surface area contributed by atoms with Crippen molar-refractivity contribution in [2.24, 2.45) is 7.05 Å². The molecular formula is C6H8IN3S. The zero-order valence-corrected chi connectivity index (χ0v) is 9.04. The zero-order valence-electron chi connectivity index (χ0n) is 6.07. The van der Waals surface area contributed by atoms with Gasteiger partial charge in [0.1, 0.15) is 12.2 Å². The lowest BCUT2D eigenvalue weighted by Gasteiger charge is -2.00. The molecule has 0 aliphatic rings. The third-order valence-corrected chi connectivity index (χ3v) is 2.95. The van der Waals surface area contributed by atoms with Gasteiger partial charge in [0, 0.05) is 17.4 Å². The molecule has 1 atom stereocenters. The van der Waals surface area contributed by atoms with Gasteiger partial charge in [-0.1, -0.05) is 34.8 Å². The van der Waals surface area contributed by atoms with Crippen LogP contribution in [0, 0.1) is 0 Å². The van der Waals surface area contributed by atoms with Crippen LogP contribution in [0.5, 0.6) is 0 Å². The van der Waals surface area contributed by atoms with Crippen LogP contribution in [-0.4, -0.2) is 24.1 Å². The van der Waals surface area contributed by atoms with E-state index in [-0.39, 0.29) is 0 Å². The number of hydrogen-bond donors (Lipinski definition) is 0. The first-order valence-corrected chi connectivity index (χ1v) is 4.88. The van der Waals surface area contributed by atoms with E-state index in [1.165, 1.54) is 0 Å². The van der Waals surface area contributed by atoms with Crippen LogP contribution < -0.4 is 0 Å². The van der Waals surface area contributed by atoms with Crippen LogP contribution in [-0.2, 0) is 13.5 Å². The molecule has 0 fully saturated rings. The molecular weight excluding hydrogens is 273 g/mol. The summed E-state index contributed by atoms with van der Waals surface area (Å²) < 4.78 is 2.27. The van der Waals surface area contributed by atoms with E-state index >= 15 is 0 Å². The van der Waals surface area contributed by atoms with E-state index in [2.05, 4.69) is 32.8 Å². The Balaban J connectivity index is 2.63. The molecule has 0 radical (unpaired) electrons. The third-order valence-electron chi connectivity index (χ3n) is 1.33. The van der Waals surface area contributed by atoms with Gasteiger partial charge in [0.25, 0.3) is 0 Å². The predicted octanol–water partition coefficient (Wildman–Crippen LogP) is 1.16. The second kappa shape index (κ2) is 4.10. The van der Waals surface area contributed by atoms with Crippen LogP contribution in [0.15, 0.2) is 6.33 Å². The molecule has 1 unspecified atom stereocenters. The molecule has 1 aromatic heterocycles. The fourth-order valence-electron chi connectivity index (χ4n) is 0.714. The van der Waals surface area contributed by atoms with E-state index in [0.717, 1.165) is 12.2 Å². The Morgan fingerprint density at radius 3 is 3.09 bits per heavy atom. The molecule has 3 nitrogen and oxygen atoms in total. The molecule has 60 valence electrons. The molecule has 0 saturated carbocycles. The van der Waals surface area contributed by atoms with Crippen molar-refractivity contribution in [1.29, 1.82) is 0 Å². The Morgan fingerprint density at radius 2 is 2.64 bits per heavy atom. The molecule has 11 heavy (non-hydrogen) atoms. The van der Waals surface area contributed by atoms with Crippen LogP contribution in [0.25, 0.3) is 0 Å². The van der Waals surface area contributed by atoms with Gasteiger partial charge >= 0.3 is 0 Å². The van der Waals surface area contributed by atoms with Crippen LogP contribution in [0.1, 0.15) is 5.82 Å². The molecule has 0 spiro atoms. The highest BCUT2D eigenvalue weighted by atomic mass is 127. The molecule has 1 rings (SSSR count). The maximum Gasteiger partial charge on any atom is 0.133 e. The molecule has 1 heterocycles. The second-order valence-electron chi connectivity index (χ2n) is 2.21. The van der Waals surface area contributed by atoms with Gasteiger partial charge in [0.2, 0.25) is 0 Å². The average molecular weight is 281 g/mol. The van der Waals surface area contributed by atoms with Gasteiger partial charge in [-0.05, 0) is 5.37 Å². The van der Waals surface area contributed by atoms with E-state index in [1.54, 1.807) is 11.7 Å². The lowest BCUT2D eigenvalue weighted by atomic mass is 10.3. The van der Waals surface area contributed by atoms with Gasteiger partial charge in [-0.2, -0.15) is 0 Å². The summed E-state index contributed by atoms with van der Waals surface area (Å²) in [5.41, 5.74) is 0. The smallest absolute Gasteiger partial charge is 0.133 e. The van der Waals surface area contributed by atoms with Crippen molar-refractivity contribution in [1.82, 2.24) is 14.8 Å². The Morgan fingerprint density at radius 1 is 1.91 bits per heavy atom. The largest absolute Gasteiger partial charge is 0.321 e. The van der Waals surface area contributed by atoms with E-state index in [0.29, 0.717) is 3.92 Å². The average Bonchev–Trinajstić information content (AvgIpc) is 2.37. The molecule has 0 amide bonds. The molecule has 5 heteroatoms. The van der Waals surface area contributed by atoms with Crippen LogP contribution in [0.2, 0.25) is 0 Å². The standard InChI is InChI=1S/C6H8IN3S/c1-10-4-8-9-6(10)2-5(7)3-11/h3-5H,2H2,1H3. The predicted molar refractivity (Wildman–Crippen MR) is 56.2 cm³/mol.